The highest BCUT2D eigenvalue weighted by Gasteiger charge is 2.20. The van der Waals surface area contributed by atoms with E-state index >= 15 is 0 Å². The molecule has 0 aliphatic carbocycles. The first kappa shape index (κ1) is 15.8. The highest BCUT2D eigenvalue weighted by Crippen LogP contribution is 2.40. The molecule has 2 aromatic carbocycles. The molecule has 0 saturated heterocycles. The van der Waals surface area contributed by atoms with Crippen molar-refractivity contribution in [1.82, 2.24) is 0 Å². The first-order valence-electron chi connectivity index (χ1n) is 5.98. The van der Waals surface area contributed by atoms with Crippen molar-refractivity contribution in [2.75, 3.05) is 0 Å². The van der Waals surface area contributed by atoms with Gasteiger partial charge in [0, 0.05) is 6.07 Å². The predicted molar refractivity (Wildman–Crippen MR) is 83.0 cm³/mol. The number of nitro groups is 1. The lowest BCUT2D eigenvalue weighted by molar-refractivity contribution is -0.385. The maximum absolute atomic E-state index is 11.0. The summed E-state index contributed by atoms with van der Waals surface area (Å²) in [4.78, 5) is 10.5. The van der Waals surface area contributed by atoms with Crippen molar-refractivity contribution in [3.8, 4) is 11.5 Å². The molecule has 0 fully saturated rings. The van der Waals surface area contributed by atoms with Crippen molar-refractivity contribution in [1.29, 1.82) is 0 Å². The number of hydrogen-bond donors (Lipinski definition) is 1. The summed E-state index contributed by atoms with van der Waals surface area (Å²) in [5.41, 5.74) is 0.467. The fraction of sp³-hybridized carbons (Fsp3) is 0.143. The van der Waals surface area contributed by atoms with E-state index in [0.717, 1.165) is 0 Å². The molecule has 1 N–H and O–H groups in total. The first-order valence-corrected chi connectivity index (χ1v) is 7.15. The molecule has 0 radical (unpaired) electrons. The van der Waals surface area contributed by atoms with E-state index in [-0.39, 0.29) is 22.2 Å². The molecule has 1 atom stereocenters. The number of para-hydroxylation sites is 1. The fourth-order valence-electron chi connectivity index (χ4n) is 1.71. The molecule has 7 heteroatoms. The molecule has 0 spiro atoms. The fourth-order valence-corrected chi connectivity index (χ4v) is 2.38. The quantitative estimate of drug-likeness (QED) is 0.614. The molecule has 5 nitrogen and oxygen atoms in total. The summed E-state index contributed by atoms with van der Waals surface area (Å²) in [6.45, 7) is 1.62. The summed E-state index contributed by atoms with van der Waals surface area (Å²) in [7, 11) is 0. The first-order chi connectivity index (χ1) is 9.90. The minimum atomic E-state index is -0.658. The van der Waals surface area contributed by atoms with Gasteiger partial charge in [0.1, 0.15) is 5.75 Å². The highest BCUT2D eigenvalue weighted by atomic mass is 79.9. The molecule has 110 valence electrons. The molecule has 0 bridgehead atoms. The van der Waals surface area contributed by atoms with Gasteiger partial charge in [-0.15, -0.1) is 0 Å². The number of ether oxygens (including phenoxy) is 1. The summed E-state index contributed by atoms with van der Waals surface area (Å²) in [5.74, 6) is 0.352. The van der Waals surface area contributed by atoms with Crippen LogP contribution in [0.15, 0.2) is 40.9 Å². The van der Waals surface area contributed by atoms with Gasteiger partial charge in [-0.05, 0) is 46.6 Å². The molecule has 0 unspecified atom stereocenters. The number of aliphatic hydroxyl groups excluding tert-OH is 1. The Morgan fingerprint density at radius 3 is 2.67 bits per heavy atom. The Bertz CT molecular complexity index is 691. The molecule has 0 aromatic heterocycles. The van der Waals surface area contributed by atoms with Crippen LogP contribution in [0.1, 0.15) is 18.6 Å². The zero-order valence-corrected chi connectivity index (χ0v) is 13.3. The van der Waals surface area contributed by atoms with E-state index < -0.39 is 11.0 Å². The topological polar surface area (TPSA) is 72.6 Å². The van der Waals surface area contributed by atoms with Crippen LogP contribution in [-0.2, 0) is 0 Å². The highest BCUT2D eigenvalue weighted by molar-refractivity contribution is 9.10. The van der Waals surface area contributed by atoms with E-state index in [1.54, 1.807) is 37.3 Å². The third-order valence-electron chi connectivity index (χ3n) is 2.79. The van der Waals surface area contributed by atoms with Gasteiger partial charge in [-0.25, -0.2) is 0 Å². The van der Waals surface area contributed by atoms with E-state index in [0.29, 0.717) is 10.0 Å². The van der Waals surface area contributed by atoms with E-state index in [2.05, 4.69) is 15.9 Å². The zero-order valence-electron chi connectivity index (χ0n) is 10.9. The number of benzene rings is 2. The van der Waals surface area contributed by atoms with Gasteiger partial charge in [-0.1, -0.05) is 23.7 Å². The Morgan fingerprint density at radius 2 is 2.10 bits per heavy atom. The number of aliphatic hydroxyl groups is 1. The van der Waals surface area contributed by atoms with Crippen LogP contribution < -0.4 is 4.74 Å². The van der Waals surface area contributed by atoms with Gasteiger partial charge in [-0.2, -0.15) is 0 Å². The van der Waals surface area contributed by atoms with Crippen LogP contribution in [0.25, 0.3) is 0 Å². The largest absolute Gasteiger partial charge is 0.447 e. The second kappa shape index (κ2) is 6.43. The van der Waals surface area contributed by atoms with Crippen LogP contribution in [0.4, 0.5) is 5.69 Å². The second-order valence-electron chi connectivity index (χ2n) is 4.31. The van der Waals surface area contributed by atoms with Gasteiger partial charge in [-0.3, -0.25) is 10.1 Å². The van der Waals surface area contributed by atoms with Crippen LogP contribution in [0, 0.1) is 10.1 Å². The van der Waals surface area contributed by atoms with Crippen molar-refractivity contribution in [3.05, 3.63) is 61.6 Å². The SMILES string of the molecule is C[C@@H](O)c1ccc(Oc2c(Br)cccc2[N+](=O)[O-])c(Cl)c1. The van der Waals surface area contributed by atoms with E-state index in [9.17, 15) is 15.2 Å². The maximum Gasteiger partial charge on any atom is 0.312 e. The number of halogens is 2. The lowest BCUT2D eigenvalue weighted by Gasteiger charge is -2.11. The molecule has 21 heavy (non-hydrogen) atoms. The summed E-state index contributed by atoms with van der Waals surface area (Å²) < 4.78 is 6.02. The van der Waals surface area contributed by atoms with Crippen LogP contribution >= 0.6 is 27.5 Å². The number of nitro benzene ring substituents is 1. The zero-order chi connectivity index (χ0) is 15.6. The normalized spacial score (nSPS) is 12.0. The molecule has 0 amide bonds. The standard InChI is InChI=1S/C14H11BrClNO4/c1-8(18)9-5-6-13(11(16)7-9)21-14-10(15)3-2-4-12(14)17(19)20/h2-8,18H,1H3/t8-/m1/s1. The minimum Gasteiger partial charge on any atom is -0.447 e. The lowest BCUT2D eigenvalue weighted by Crippen LogP contribution is -1.96. The van der Waals surface area contributed by atoms with Crippen molar-refractivity contribution in [2.24, 2.45) is 0 Å². The van der Waals surface area contributed by atoms with Crippen LogP contribution in [0.5, 0.6) is 11.5 Å². The van der Waals surface area contributed by atoms with Gasteiger partial charge in [0.15, 0.2) is 0 Å². The van der Waals surface area contributed by atoms with Gasteiger partial charge in [0.05, 0.1) is 20.5 Å². The summed E-state index contributed by atoms with van der Waals surface area (Å²) >= 11 is 9.31. The third kappa shape index (κ3) is 3.53. The minimum absolute atomic E-state index is 0.0780. The smallest absolute Gasteiger partial charge is 0.312 e. The second-order valence-corrected chi connectivity index (χ2v) is 5.57. The van der Waals surface area contributed by atoms with Crippen molar-refractivity contribution >= 4 is 33.2 Å². The Labute approximate surface area is 134 Å². The number of hydrogen-bond acceptors (Lipinski definition) is 4. The monoisotopic (exact) mass is 371 g/mol. The van der Waals surface area contributed by atoms with E-state index in [1.807, 2.05) is 0 Å². The van der Waals surface area contributed by atoms with E-state index in [4.69, 9.17) is 16.3 Å². The Morgan fingerprint density at radius 1 is 1.38 bits per heavy atom. The van der Waals surface area contributed by atoms with Crippen LogP contribution in [0.2, 0.25) is 5.02 Å². The maximum atomic E-state index is 11.0. The van der Waals surface area contributed by atoms with Crippen molar-refractivity contribution in [2.45, 2.75) is 13.0 Å². The number of nitrogens with zero attached hydrogens (tertiary/aromatic N) is 1. The van der Waals surface area contributed by atoms with Gasteiger partial charge in [0.25, 0.3) is 0 Å². The van der Waals surface area contributed by atoms with Gasteiger partial charge in [0.2, 0.25) is 5.75 Å². The molecular weight excluding hydrogens is 362 g/mol. The molecule has 0 aliphatic heterocycles. The van der Waals surface area contributed by atoms with Crippen LogP contribution in [0.3, 0.4) is 0 Å². The van der Waals surface area contributed by atoms with E-state index in [1.165, 1.54) is 6.07 Å². The molecule has 0 aliphatic rings. The summed E-state index contributed by atoms with van der Waals surface area (Å²) in [5, 5.41) is 20.8. The molecular formula is C14H11BrClNO4. The summed E-state index contributed by atoms with van der Waals surface area (Å²) in [6.07, 6.45) is -0.658. The number of rotatable bonds is 4. The third-order valence-corrected chi connectivity index (χ3v) is 3.71. The van der Waals surface area contributed by atoms with Crippen molar-refractivity contribution in [3.63, 3.8) is 0 Å². The Hall–Kier alpha value is -1.63. The lowest BCUT2D eigenvalue weighted by atomic mass is 10.1. The van der Waals surface area contributed by atoms with Gasteiger partial charge < -0.3 is 9.84 Å². The molecule has 0 heterocycles. The molecule has 2 rings (SSSR count). The Kier molecular flexibility index (Phi) is 4.82. The Balaban J connectivity index is 2.41. The van der Waals surface area contributed by atoms with Crippen molar-refractivity contribution < 1.29 is 14.8 Å². The molecule has 0 saturated carbocycles. The predicted octanol–water partition coefficient (Wildman–Crippen LogP) is 4.86. The average molecular weight is 373 g/mol. The van der Waals surface area contributed by atoms with Gasteiger partial charge >= 0.3 is 5.69 Å². The van der Waals surface area contributed by atoms with Crippen LogP contribution in [-0.4, -0.2) is 10.0 Å². The molecule has 2 aromatic rings. The summed E-state index contributed by atoms with van der Waals surface area (Å²) in [6, 6.07) is 9.30. The average Bonchev–Trinajstić information content (AvgIpc) is 2.42.